The minimum Gasteiger partial charge on any atom is -0.455 e. The Kier molecular flexibility index (Phi) is 6.61. The van der Waals surface area contributed by atoms with E-state index in [1.807, 2.05) is 0 Å². The summed E-state index contributed by atoms with van der Waals surface area (Å²) in [4.78, 5) is 28.3. The maximum atomic E-state index is 12.0. The number of ketones is 1. The number of Topliss-reactive ketones (excluding diaryl/α,β-unsaturated/α-hetero) is 1. The van der Waals surface area contributed by atoms with Crippen molar-refractivity contribution in [2.75, 3.05) is 13.7 Å². The molecule has 0 heterocycles. The summed E-state index contributed by atoms with van der Waals surface area (Å²) in [6.45, 7) is 3.92. The molecule has 24 heavy (non-hydrogen) atoms. The normalized spacial score (nSPS) is 12.6. The molecule has 0 atom stereocenters. The third kappa shape index (κ3) is 6.09. The van der Waals surface area contributed by atoms with Gasteiger partial charge in [-0.25, -0.2) is 4.79 Å². The number of oxime groups is 1. The van der Waals surface area contributed by atoms with Crippen LogP contribution in [0.15, 0.2) is 40.4 Å². The Balaban J connectivity index is 2.84. The zero-order valence-electron chi connectivity index (χ0n) is 13.8. The Morgan fingerprint density at radius 1 is 1.12 bits per heavy atom. The highest BCUT2D eigenvalue weighted by Gasteiger charge is 2.29. The van der Waals surface area contributed by atoms with Gasteiger partial charge in [-0.05, 0) is 32.9 Å². The summed E-state index contributed by atoms with van der Waals surface area (Å²) < 4.78 is 33.6. The molecule has 0 radical (unpaired) electrons. The maximum Gasteiger partial charge on any atom is 0.364 e. The predicted molar refractivity (Wildman–Crippen MR) is 84.9 cm³/mol. The van der Waals surface area contributed by atoms with E-state index in [0.29, 0.717) is 0 Å². The smallest absolute Gasteiger partial charge is 0.364 e. The fourth-order valence-corrected chi connectivity index (χ4v) is 2.36. The minimum absolute atomic E-state index is 0.111. The van der Waals surface area contributed by atoms with Crippen LogP contribution < -0.4 is 0 Å². The van der Waals surface area contributed by atoms with Crippen LogP contribution in [-0.4, -0.2) is 45.2 Å². The largest absolute Gasteiger partial charge is 0.455 e. The van der Waals surface area contributed by atoms with Crippen molar-refractivity contribution < 1.29 is 31.8 Å². The van der Waals surface area contributed by atoms with Crippen LogP contribution in [-0.2, 0) is 33.5 Å². The highest BCUT2D eigenvalue weighted by Crippen LogP contribution is 2.12. The van der Waals surface area contributed by atoms with Gasteiger partial charge in [0.05, 0.1) is 4.90 Å². The van der Waals surface area contributed by atoms with E-state index in [-0.39, 0.29) is 4.90 Å². The molecular formula is C15H19NO7S. The second kappa shape index (κ2) is 8.02. The fourth-order valence-electron chi connectivity index (χ4n) is 1.47. The van der Waals surface area contributed by atoms with Gasteiger partial charge in [-0.15, -0.1) is 0 Å². The maximum absolute atomic E-state index is 12.0. The van der Waals surface area contributed by atoms with Gasteiger partial charge in [0, 0.05) is 0 Å². The summed E-state index contributed by atoms with van der Waals surface area (Å²) in [6, 6.07) is 7.29. The molecule has 0 spiro atoms. The van der Waals surface area contributed by atoms with Crippen LogP contribution in [0, 0.1) is 0 Å². The third-order valence-corrected chi connectivity index (χ3v) is 3.69. The second-order valence-corrected chi connectivity index (χ2v) is 7.19. The molecule has 0 aliphatic carbocycles. The second-order valence-electron chi connectivity index (χ2n) is 5.58. The van der Waals surface area contributed by atoms with Gasteiger partial charge in [0.25, 0.3) is 10.1 Å². The zero-order chi connectivity index (χ0) is 18.4. The Morgan fingerprint density at radius 3 is 2.21 bits per heavy atom. The molecule has 0 aliphatic heterocycles. The Morgan fingerprint density at radius 2 is 1.71 bits per heavy atom. The molecular weight excluding hydrogens is 338 g/mol. The molecule has 9 heteroatoms. The topological polar surface area (TPSA) is 108 Å². The summed E-state index contributed by atoms with van der Waals surface area (Å²) >= 11 is 0. The molecule has 1 aromatic carbocycles. The van der Waals surface area contributed by atoms with E-state index in [1.165, 1.54) is 24.3 Å². The van der Waals surface area contributed by atoms with Crippen molar-refractivity contribution >= 4 is 27.6 Å². The molecule has 1 rings (SSSR count). The standard InChI is InChI=1S/C15H19NO7S/c1-15(2,3)23-14(18)13(16-21-4)12(17)10-22-24(19,20)11-8-6-5-7-9-11/h5-9H,10H2,1-4H3. The van der Waals surface area contributed by atoms with E-state index in [2.05, 4.69) is 14.2 Å². The average Bonchev–Trinajstić information content (AvgIpc) is 2.49. The lowest BCUT2D eigenvalue weighted by Gasteiger charge is -2.19. The van der Waals surface area contributed by atoms with E-state index in [9.17, 15) is 18.0 Å². The molecule has 0 amide bonds. The summed E-state index contributed by atoms with van der Waals surface area (Å²) in [7, 11) is -3.00. The predicted octanol–water partition coefficient (Wildman–Crippen LogP) is 1.31. The lowest BCUT2D eigenvalue weighted by atomic mass is 10.2. The van der Waals surface area contributed by atoms with Gasteiger partial charge in [0.1, 0.15) is 19.3 Å². The number of carbonyl (C=O) groups is 2. The van der Waals surface area contributed by atoms with E-state index in [4.69, 9.17) is 4.74 Å². The summed E-state index contributed by atoms with van der Waals surface area (Å²) in [5.41, 5.74) is -1.54. The first-order chi connectivity index (χ1) is 11.1. The Hall–Kier alpha value is -2.26. The lowest BCUT2D eigenvalue weighted by molar-refractivity contribution is -0.146. The van der Waals surface area contributed by atoms with Crippen molar-refractivity contribution in [2.45, 2.75) is 31.3 Å². The SMILES string of the molecule is CON=C(C(=O)COS(=O)(=O)c1ccccc1)C(=O)OC(C)(C)C. The van der Waals surface area contributed by atoms with Crippen molar-refractivity contribution in [3.8, 4) is 0 Å². The minimum atomic E-state index is -4.13. The number of nitrogens with zero attached hydrogens (tertiary/aromatic N) is 1. The first-order valence-corrected chi connectivity index (χ1v) is 8.30. The highest BCUT2D eigenvalue weighted by atomic mass is 32.2. The molecule has 0 saturated heterocycles. The number of carbonyl (C=O) groups excluding carboxylic acids is 2. The molecule has 1 aromatic rings. The number of hydrogen-bond acceptors (Lipinski definition) is 8. The van der Waals surface area contributed by atoms with Crippen LogP contribution >= 0.6 is 0 Å². The molecule has 0 saturated carbocycles. The Bertz CT molecular complexity index is 718. The first-order valence-electron chi connectivity index (χ1n) is 6.89. The van der Waals surface area contributed by atoms with Crippen LogP contribution in [0.1, 0.15) is 20.8 Å². The molecule has 0 bridgehead atoms. The fraction of sp³-hybridized carbons (Fsp3) is 0.400. The summed E-state index contributed by atoms with van der Waals surface area (Å²) in [6.07, 6.45) is 0. The monoisotopic (exact) mass is 357 g/mol. The molecule has 0 unspecified atom stereocenters. The van der Waals surface area contributed by atoms with E-state index >= 15 is 0 Å². The van der Waals surface area contributed by atoms with E-state index < -0.39 is 39.8 Å². The van der Waals surface area contributed by atoms with Crippen molar-refractivity contribution in [3.63, 3.8) is 0 Å². The van der Waals surface area contributed by atoms with Crippen molar-refractivity contribution in [1.82, 2.24) is 0 Å². The lowest BCUT2D eigenvalue weighted by Crippen LogP contribution is -2.35. The molecule has 0 fully saturated rings. The summed E-state index contributed by atoms with van der Waals surface area (Å²) in [5.74, 6) is -2.01. The van der Waals surface area contributed by atoms with Gasteiger partial charge in [-0.2, -0.15) is 8.42 Å². The van der Waals surface area contributed by atoms with Crippen molar-refractivity contribution in [1.29, 1.82) is 0 Å². The van der Waals surface area contributed by atoms with Crippen molar-refractivity contribution in [2.24, 2.45) is 5.16 Å². The van der Waals surface area contributed by atoms with Gasteiger partial charge in [0.15, 0.2) is 0 Å². The number of hydrogen-bond donors (Lipinski definition) is 0. The molecule has 132 valence electrons. The Labute approximate surface area is 140 Å². The molecule has 0 aromatic heterocycles. The third-order valence-electron chi connectivity index (χ3n) is 2.42. The van der Waals surface area contributed by atoms with Crippen LogP contribution in [0.3, 0.4) is 0 Å². The van der Waals surface area contributed by atoms with Gasteiger partial charge < -0.3 is 9.57 Å². The van der Waals surface area contributed by atoms with Gasteiger partial charge in [0.2, 0.25) is 11.5 Å². The first kappa shape index (κ1) is 19.8. The van der Waals surface area contributed by atoms with Crippen LogP contribution in [0.4, 0.5) is 0 Å². The molecule has 8 nitrogen and oxygen atoms in total. The van der Waals surface area contributed by atoms with E-state index in [1.54, 1.807) is 26.8 Å². The zero-order valence-corrected chi connectivity index (χ0v) is 14.6. The van der Waals surface area contributed by atoms with E-state index in [0.717, 1.165) is 7.11 Å². The van der Waals surface area contributed by atoms with Crippen molar-refractivity contribution in [3.05, 3.63) is 30.3 Å². The number of ether oxygens (including phenoxy) is 1. The molecule has 0 aliphatic rings. The number of benzene rings is 1. The van der Waals surface area contributed by atoms with Gasteiger partial charge in [-0.1, -0.05) is 23.4 Å². The number of esters is 1. The average molecular weight is 357 g/mol. The highest BCUT2D eigenvalue weighted by molar-refractivity contribution is 7.86. The van der Waals surface area contributed by atoms with Crippen LogP contribution in [0.2, 0.25) is 0 Å². The van der Waals surface area contributed by atoms with Crippen LogP contribution in [0.25, 0.3) is 0 Å². The quantitative estimate of drug-likeness (QED) is 0.238. The molecule has 0 N–H and O–H groups in total. The number of rotatable bonds is 7. The van der Waals surface area contributed by atoms with Gasteiger partial charge in [-0.3, -0.25) is 8.98 Å². The van der Waals surface area contributed by atoms with Crippen LogP contribution in [0.5, 0.6) is 0 Å². The summed E-state index contributed by atoms with van der Waals surface area (Å²) in [5, 5.41) is 3.30. The van der Waals surface area contributed by atoms with Gasteiger partial charge >= 0.3 is 5.97 Å².